The molecular formula is C22H17ClF4N6O2. The largest absolute Gasteiger partial charge is 0.418 e. The first-order chi connectivity index (χ1) is 16.6. The molecule has 8 nitrogen and oxygen atoms in total. The number of nitrogen functional groups attached to an aromatic ring is 1. The average Bonchev–Trinajstić information content (AvgIpc) is 3.21. The van der Waals surface area contributed by atoms with Crippen LogP contribution in [0, 0.1) is 5.95 Å². The second-order valence-electron chi connectivity index (χ2n) is 7.52. The van der Waals surface area contributed by atoms with E-state index < -0.39 is 46.6 Å². The molecule has 4 N–H and O–H groups in total. The Hall–Kier alpha value is -3.77. The van der Waals surface area contributed by atoms with Gasteiger partial charge >= 0.3 is 6.18 Å². The zero-order valence-electron chi connectivity index (χ0n) is 17.7. The summed E-state index contributed by atoms with van der Waals surface area (Å²) < 4.78 is 55.9. The highest BCUT2D eigenvalue weighted by Gasteiger charge is 2.36. The Morgan fingerprint density at radius 2 is 1.91 bits per heavy atom. The number of alkyl halides is 3. The van der Waals surface area contributed by atoms with Crippen LogP contribution in [0.25, 0.3) is 16.8 Å². The minimum absolute atomic E-state index is 0.00125. The molecule has 0 fully saturated rings. The Balaban J connectivity index is 1.58. The number of nitrogens with two attached hydrogens (primary N) is 1. The van der Waals surface area contributed by atoms with E-state index in [1.54, 1.807) is 24.3 Å². The standard InChI is InChI=1S/C22H17ClF4N6O2/c23-13-3-1-11(2-4-13)17(34)5-6-29-21(35)14-7-12(9-30-19(14)24)16-8-15(22(25,26)27)18-20(28)31-10-32-33(16)18/h1-4,7-10,17,34H,5-6H2,(H,29,35)(H2,28,31,32)/t17-/m0/s1. The first-order valence-electron chi connectivity index (χ1n) is 10.1. The zero-order valence-corrected chi connectivity index (χ0v) is 18.5. The van der Waals surface area contributed by atoms with Crippen molar-refractivity contribution in [2.75, 3.05) is 12.3 Å². The molecule has 0 radical (unpaired) electrons. The number of nitrogens with zero attached hydrogens (tertiary/aromatic N) is 4. The maximum absolute atomic E-state index is 14.3. The molecule has 0 saturated carbocycles. The van der Waals surface area contributed by atoms with Crippen molar-refractivity contribution in [3.8, 4) is 11.3 Å². The quantitative estimate of drug-likeness (QED) is 0.267. The van der Waals surface area contributed by atoms with Crippen LogP contribution in [0.15, 0.2) is 48.9 Å². The van der Waals surface area contributed by atoms with Gasteiger partial charge in [0.2, 0.25) is 5.95 Å². The van der Waals surface area contributed by atoms with E-state index in [4.69, 9.17) is 17.3 Å². The monoisotopic (exact) mass is 508 g/mol. The summed E-state index contributed by atoms with van der Waals surface area (Å²) in [7, 11) is 0. The summed E-state index contributed by atoms with van der Waals surface area (Å²) in [5, 5.41) is 17.0. The Kier molecular flexibility index (Phi) is 6.59. The van der Waals surface area contributed by atoms with Crippen LogP contribution in [0.4, 0.5) is 23.4 Å². The second-order valence-corrected chi connectivity index (χ2v) is 7.96. The first-order valence-corrected chi connectivity index (χ1v) is 10.5. The molecule has 4 rings (SSSR count). The smallest absolute Gasteiger partial charge is 0.388 e. The second kappa shape index (κ2) is 9.47. The number of aromatic nitrogens is 4. The maximum atomic E-state index is 14.3. The van der Waals surface area contributed by atoms with Gasteiger partial charge in [-0.25, -0.2) is 14.5 Å². The Morgan fingerprint density at radius 1 is 1.20 bits per heavy atom. The molecule has 182 valence electrons. The minimum atomic E-state index is -4.76. The summed E-state index contributed by atoms with van der Waals surface area (Å²) in [5.41, 5.74) is 4.06. The summed E-state index contributed by atoms with van der Waals surface area (Å²) in [6.45, 7) is -0.0116. The van der Waals surface area contributed by atoms with Crippen LogP contribution in [0.3, 0.4) is 0 Å². The predicted octanol–water partition coefficient (Wildman–Crippen LogP) is 4.04. The number of halogens is 5. The van der Waals surface area contributed by atoms with E-state index in [1.165, 1.54) is 0 Å². The molecule has 3 heterocycles. The highest BCUT2D eigenvalue weighted by Crippen LogP contribution is 2.38. The van der Waals surface area contributed by atoms with Crippen LogP contribution in [-0.4, -0.2) is 37.1 Å². The number of carbonyl (C=O) groups is 1. The molecule has 0 aliphatic carbocycles. The minimum Gasteiger partial charge on any atom is -0.388 e. The van der Waals surface area contributed by atoms with Crippen LogP contribution >= 0.6 is 11.6 Å². The Morgan fingerprint density at radius 3 is 2.60 bits per heavy atom. The third kappa shape index (κ3) is 5.03. The average molecular weight is 509 g/mol. The maximum Gasteiger partial charge on any atom is 0.418 e. The molecule has 13 heteroatoms. The molecule has 4 aromatic rings. The van der Waals surface area contributed by atoms with Gasteiger partial charge in [-0.2, -0.15) is 22.7 Å². The molecule has 3 aromatic heterocycles. The van der Waals surface area contributed by atoms with Gasteiger partial charge in [0.05, 0.1) is 22.9 Å². The van der Waals surface area contributed by atoms with E-state index in [0.29, 0.717) is 10.6 Å². The van der Waals surface area contributed by atoms with Gasteiger partial charge < -0.3 is 16.2 Å². The number of aliphatic hydroxyl groups excluding tert-OH is 1. The molecule has 0 unspecified atom stereocenters. The van der Waals surface area contributed by atoms with Crippen LogP contribution < -0.4 is 11.1 Å². The zero-order chi connectivity index (χ0) is 25.3. The number of nitrogens with one attached hydrogen (secondary N) is 1. The van der Waals surface area contributed by atoms with Crippen molar-refractivity contribution >= 4 is 28.8 Å². The fourth-order valence-corrected chi connectivity index (χ4v) is 3.63. The molecular weight excluding hydrogens is 492 g/mol. The van der Waals surface area contributed by atoms with E-state index in [0.717, 1.165) is 29.2 Å². The number of hydrogen-bond acceptors (Lipinski definition) is 6. The van der Waals surface area contributed by atoms with E-state index in [9.17, 15) is 27.5 Å². The van der Waals surface area contributed by atoms with E-state index >= 15 is 0 Å². The predicted molar refractivity (Wildman–Crippen MR) is 119 cm³/mol. The van der Waals surface area contributed by atoms with Crippen molar-refractivity contribution < 1.29 is 27.5 Å². The van der Waals surface area contributed by atoms with Crippen molar-refractivity contribution in [1.29, 1.82) is 0 Å². The molecule has 1 atom stereocenters. The van der Waals surface area contributed by atoms with Crippen molar-refractivity contribution in [3.63, 3.8) is 0 Å². The van der Waals surface area contributed by atoms with Crippen molar-refractivity contribution in [2.45, 2.75) is 18.7 Å². The third-order valence-electron chi connectivity index (χ3n) is 5.23. The summed E-state index contributed by atoms with van der Waals surface area (Å²) in [4.78, 5) is 19.7. The van der Waals surface area contributed by atoms with Crippen LogP contribution in [-0.2, 0) is 6.18 Å². The van der Waals surface area contributed by atoms with Gasteiger partial charge in [-0.1, -0.05) is 23.7 Å². The number of anilines is 1. The summed E-state index contributed by atoms with van der Waals surface area (Å²) in [6, 6.07) is 8.33. The lowest BCUT2D eigenvalue weighted by molar-refractivity contribution is -0.136. The van der Waals surface area contributed by atoms with Gasteiger partial charge in [-0.05, 0) is 36.2 Å². The van der Waals surface area contributed by atoms with Gasteiger partial charge in [-0.3, -0.25) is 4.79 Å². The molecule has 0 saturated heterocycles. The van der Waals surface area contributed by atoms with Gasteiger partial charge in [0.15, 0.2) is 5.82 Å². The number of amides is 1. The number of benzene rings is 1. The number of rotatable bonds is 6. The lowest BCUT2D eigenvalue weighted by atomic mass is 10.1. The van der Waals surface area contributed by atoms with Crippen molar-refractivity contribution in [2.24, 2.45) is 0 Å². The fourth-order valence-electron chi connectivity index (χ4n) is 3.51. The van der Waals surface area contributed by atoms with Gasteiger partial charge in [-0.15, -0.1) is 0 Å². The lowest BCUT2D eigenvalue weighted by Crippen LogP contribution is -2.27. The lowest BCUT2D eigenvalue weighted by Gasteiger charge is -2.12. The molecule has 0 bridgehead atoms. The highest BCUT2D eigenvalue weighted by molar-refractivity contribution is 6.30. The number of hydrogen-bond donors (Lipinski definition) is 3. The Bertz CT molecular complexity index is 1390. The topological polar surface area (TPSA) is 118 Å². The fraction of sp³-hybridized carbons (Fsp3) is 0.182. The molecule has 0 aliphatic rings. The van der Waals surface area contributed by atoms with Gasteiger partial charge in [0.25, 0.3) is 5.91 Å². The normalized spacial score (nSPS) is 12.6. The number of fused-ring (bicyclic) bond motifs is 1. The highest BCUT2D eigenvalue weighted by atomic mass is 35.5. The summed E-state index contributed by atoms with van der Waals surface area (Å²) in [6.07, 6.45) is -3.59. The van der Waals surface area contributed by atoms with E-state index in [1.807, 2.05) is 0 Å². The summed E-state index contributed by atoms with van der Waals surface area (Å²) >= 11 is 5.81. The van der Waals surface area contributed by atoms with Gasteiger partial charge in [0, 0.05) is 23.3 Å². The van der Waals surface area contributed by atoms with Crippen LogP contribution in [0.1, 0.15) is 34.0 Å². The van der Waals surface area contributed by atoms with Gasteiger partial charge in [0.1, 0.15) is 11.8 Å². The molecule has 35 heavy (non-hydrogen) atoms. The Labute approximate surface area is 200 Å². The third-order valence-corrected chi connectivity index (χ3v) is 5.48. The van der Waals surface area contributed by atoms with Crippen molar-refractivity contribution in [3.05, 3.63) is 76.6 Å². The number of aliphatic hydroxyl groups is 1. The molecule has 1 amide bonds. The SMILES string of the molecule is Nc1ncnn2c(-c3cnc(F)c(C(=O)NCC[C@H](O)c4ccc(Cl)cc4)c3)cc(C(F)(F)F)c12. The van der Waals surface area contributed by atoms with E-state index in [-0.39, 0.29) is 24.2 Å². The molecule has 0 aliphatic heterocycles. The van der Waals surface area contributed by atoms with E-state index in [2.05, 4.69) is 20.4 Å². The number of pyridine rings is 1. The number of carbonyl (C=O) groups excluding carboxylic acids is 1. The van der Waals surface area contributed by atoms with Crippen molar-refractivity contribution in [1.82, 2.24) is 24.9 Å². The molecule has 0 spiro atoms. The van der Waals surface area contributed by atoms with Crippen LogP contribution in [0.5, 0.6) is 0 Å². The first kappa shape index (κ1) is 24.4. The van der Waals surface area contributed by atoms with Crippen LogP contribution in [0.2, 0.25) is 5.02 Å². The molecule has 1 aromatic carbocycles. The summed E-state index contributed by atoms with van der Waals surface area (Å²) in [5.74, 6) is -2.37.